The van der Waals surface area contributed by atoms with Crippen LogP contribution in [-0.4, -0.2) is 43.5 Å². The molecule has 0 atom stereocenters. The Hall–Kier alpha value is 0.622. The van der Waals surface area contributed by atoms with Crippen LogP contribution in [0.5, 0.6) is 0 Å². The summed E-state index contributed by atoms with van der Waals surface area (Å²) in [4.78, 5) is 15.9. The second-order valence-corrected chi connectivity index (χ2v) is 41.2. The third-order valence-electron chi connectivity index (χ3n) is 4.63. The molecule has 1 aromatic rings. The fraction of sp³-hybridized carbons (Fsp3) is 0.556. The number of benzene rings is 1. The predicted octanol–water partition coefficient (Wildman–Crippen LogP) is 5.16. The van der Waals surface area contributed by atoms with E-state index < -0.39 is 36.8 Å². The summed E-state index contributed by atoms with van der Waals surface area (Å²) in [5.41, 5.74) is 3.50. The summed E-state index contributed by atoms with van der Waals surface area (Å²) in [5, 5.41) is 0. The van der Waals surface area contributed by atoms with Crippen LogP contribution in [0.2, 0.25) is 36.0 Å². The van der Waals surface area contributed by atoms with Gasteiger partial charge in [0.1, 0.15) is 0 Å². The van der Waals surface area contributed by atoms with Gasteiger partial charge in [0.05, 0.1) is 0 Å². The molecule has 0 bridgehead atoms. The van der Waals surface area contributed by atoms with Gasteiger partial charge in [-0.05, 0) is 0 Å². The van der Waals surface area contributed by atoms with E-state index >= 15 is 0 Å². The van der Waals surface area contributed by atoms with Gasteiger partial charge < -0.3 is 0 Å². The van der Waals surface area contributed by atoms with Crippen molar-refractivity contribution in [2.24, 2.45) is 0 Å². The van der Waals surface area contributed by atoms with Gasteiger partial charge >= 0.3 is 142 Å². The molecule has 0 aliphatic carbocycles. The molecule has 1 heterocycles. The van der Waals surface area contributed by atoms with Crippen molar-refractivity contribution in [2.75, 3.05) is 0 Å². The second-order valence-electron chi connectivity index (χ2n) is 8.61. The van der Waals surface area contributed by atoms with Crippen LogP contribution in [-0.2, 0) is 0 Å². The number of hydrogen-bond donors (Lipinski definition) is 0. The number of rotatable bonds is 3. The molecule has 3 heteroatoms. The summed E-state index contributed by atoms with van der Waals surface area (Å²) in [6, 6.07) is 11.3. The standard InChI is InChI=1S/C12H13B.6CH3.2Sn/c1-11-7-5-6-10-13(11)12-8-3-2-4-9-12;;;;;;;;/h2-4,8-9H,5-7,10H2;6*1H3;;. The summed E-state index contributed by atoms with van der Waals surface area (Å²) in [6.07, 6.45) is 5.60. The molecule has 0 spiro atoms. The average molecular weight is 496 g/mol. The quantitative estimate of drug-likeness (QED) is 0.508. The van der Waals surface area contributed by atoms with Gasteiger partial charge in [-0.2, -0.15) is 0 Å². The maximum atomic E-state index is 2.65. The molecule has 0 N–H and O–H groups in total. The van der Waals surface area contributed by atoms with Gasteiger partial charge in [-0.1, -0.05) is 0 Å². The van der Waals surface area contributed by atoms with Crippen LogP contribution in [0.4, 0.5) is 0 Å². The van der Waals surface area contributed by atoms with Gasteiger partial charge in [-0.15, -0.1) is 0 Å². The Kier molecular flexibility index (Phi) is 6.01. The van der Waals surface area contributed by atoms with Gasteiger partial charge in [-0.3, -0.25) is 0 Å². The zero-order valence-electron chi connectivity index (χ0n) is 14.8. The van der Waals surface area contributed by atoms with Crippen LogP contribution < -0.4 is 5.46 Å². The third kappa shape index (κ3) is 4.56. The Morgan fingerprint density at radius 2 is 1.43 bits per heavy atom. The summed E-state index contributed by atoms with van der Waals surface area (Å²) in [7, 11) is 0. The van der Waals surface area contributed by atoms with Crippen LogP contribution >= 0.6 is 0 Å². The minimum absolute atomic E-state index is 0.738. The van der Waals surface area contributed by atoms with Gasteiger partial charge in [0.15, 0.2) is 0 Å². The van der Waals surface area contributed by atoms with Gasteiger partial charge in [0.25, 0.3) is 0 Å². The first-order valence-electron chi connectivity index (χ1n) is 8.50. The van der Waals surface area contributed by atoms with E-state index in [1.165, 1.54) is 25.6 Å². The molecular weight excluding hydrogens is 464 g/mol. The Bertz CT molecular complexity index is 490. The molecule has 1 fully saturated rings. The molecule has 2 rings (SSSR count). The Labute approximate surface area is 140 Å². The van der Waals surface area contributed by atoms with Gasteiger partial charge in [0, 0.05) is 0 Å². The van der Waals surface area contributed by atoms with Crippen molar-refractivity contribution >= 4 is 48.9 Å². The van der Waals surface area contributed by atoms with Crippen molar-refractivity contribution in [1.29, 1.82) is 0 Å². The average Bonchev–Trinajstić information content (AvgIpc) is 2.37. The van der Waals surface area contributed by atoms with Crippen molar-refractivity contribution in [1.82, 2.24) is 0 Å². The van der Waals surface area contributed by atoms with Crippen molar-refractivity contribution in [2.45, 2.75) is 55.2 Å². The molecule has 1 aromatic carbocycles. The van der Waals surface area contributed by atoms with E-state index in [0.29, 0.717) is 0 Å². The summed E-state index contributed by atoms with van der Waals surface area (Å²) < 4.78 is 2.10. The van der Waals surface area contributed by atoms with Crippen molar-refractivity contribution < 1.29 is 0 Å². The third-order valence-corrected chi connectivity index (χ3v) is 43.7. The van der Waals surface area contributed by atoms with Crippen LogP contribution in [0.1, 0.15) is 19.3 Å². The summed E-state index contributed by atoms with van der Waals surface area (Å²) in [5.74, 6) is 0. The first kappa shape index (κ1) is 18.0. The molecule has 21 heavy (non-hydrogen) atoms. The van der Waals surface area contributed by atoms with Crippen molar-refractivity contribution in [3.63, 3.8) is 0 Å². The monoisotopic (exact) mass is 498 g/mol. The SMILES string of the molecule is [CH3][Sn]([CH3])([CH3])[C](=C1CCCCB1c1ccccc1)[Sn]([CH3])([CH3])[CH3]. The molecule has 1 aliphatic heterocycles. The van der Waals surface area contributed by atoms with E-state index in [-0.39, 0.29) is 0 Å². The van der Waals surface area contributed by atoms with E-state index in [1.54, 1.807) is 5.46 Å². The van der Waals surface area contributed by atoms with E-state index in [9.17, 15) is 0 Å². The molecule has 0 amide bonds. The zero-order chi connectivity index (χ0) is 15.7. The topological polar surface area (TPSA) is 0 Å². The van der Waals surface area contributed by atoms with Crippen LogP contribution in [0, 0.1) is 0 Å². The molecule has 1 saturated heterocycles. The fourth-order valence-corrected chi connectivity index (χ4v) is 61.2. The number of hydrogen-bond acceptors (Lipinski definition) is 0. The minimum atomic E-state index is -2.01. The zero-order valence-corrected chi connectivity index (χ0v) is 20.5. The molecule has 0 unspecified atom stereocenters. The van der Waals surface area contributed by atoms with E-state index in [2.05, 4.69) is 61.6 Å². The van der Waals surface area contributed by atoms with E-state index in [1.807, 2.05) is 5.47 Å². The maximum absolute atomic E-state index is 2.65. The first-order valence-corrected chi connectivity index (χ1v) is 28.5. The van der Waals surface area contributed by atoms with Crippen molar-refractivity contribution in [3.05, 3.63) is 37.4 Å². The predicted molar refractivity (Wildman–Crippen MR) is 104 cm³/mol. The van der Waals surface area contributed by atoms with Gasteiger partial charge in [-0.25, -0.2) is 0 Å². The number of allylic oxidation sites excluding steroid dienone is 1. The molecular formula is C18H31BSn2. The van der Waals surface area contributed by atoms with Gasteiger partial charge in [0.2, 0.25) is 0 Å². The summed E-state index contributed by atoms with van der Waals surface area (Å²) in [6.45, 7) is 0.738. The Morgan fingerprint density at radius 1 is 0.857 bits per heavy atom. The van der Waals surface area contributed by atoms with Crippen LogP contribution in [0.3, 0.4) is 0 Å². The summed E-state index contributed by atoms with van der Waals surface area (Å²) >= 11 is -4.01. The van der Waals surface area contributed by atoms with E-state index in [4.69, 9.17) is 0 Å². The first-order chi connectivity index (χ1) is 9.71. The molecule has 0 aromatic heterocycles. The van der Waals surface area contributed by atoms with E-state index in [0.717, 1.165) is 6.71 Å². The van der Waals surface area contributed by atoms with Crippen LogP contribution in [0.15, 0.2) is 37.4 Å². The molecule has 0 saturated carbocycles. The Balaban J connectivity index is 2.56. The second kappa shape index (κ2) is 7.02. The molecule has 114 valence electrons. The Morgan fingerprint density at radius 3 is 1.95 bits per heavy atom. The van der Waals surface area contributed by atoms with Crippen LogP contribution in [0.25, 0.3) is 0 Å². The molecule has 0 nitrogen and oxygen atoms in total. The normalized spacial score (nSPS) is 17.0. The van der Waals surface area contributed by atoms with Crippen molar-refractivity contribution in [3.8, 4) is 0 Å². The molecule has 0 radical (unpaired) electrons. The fourth-order valence-electron chi connectivity index (χ4n) is 4.45. The molecule has 1 aliphatic rings.